The third kappa shape index (κ3) is 3.20. The summed E-state index contributed by atoms with van der Waals surface area (Å²) in [6, 6.07) is 1.37. The maximum Gasteiger partial charge on any atom is 0.534 e. The van der Waals surface area contributed by atoms with Gasteiger partial charge in [-0.05, 0) is 44.6 Å². The molecule has 0 unspecified atom stereocenters. The lowest BCUT2D eigenvalue weighted by Crippen LogP contribution is -2.28. The van der Waals surface area contributed by atoms with Crippen LogP contribution in [0, 0.1) is 3.57 Å². The van der Waals surface area contributed by atoms with E-state index in [0.717, 1.165) is 6.20 Å². The van der Waals surface area contributed by atoms with Crippen molar-refractivity contribution in [3.63, 3.8) is 0 Å². The standard InChI is InChI=1S/C6H2BrF3INO3S/c7-3-1-4(11)5(12-2-3)15-16(13,14)6(8,9)10/h1-2H. The van der Waals surface area contributed by atoms with Crippen LogP contribution in [-0.2, 0) is 10.1 Å². The number of aromatic nitrogens is 1. The quantitative estimate of drug-likeness (QED) is 0.410. The fourth-order valence-corrected chi connectivity index (χ4v) is 2.54. The van der Waals surface area contributed by atoms with E-state index in [-0.39, 0.29) is 3.57 Å². The minimum absolute atomic E-state index is 0.139. The summed E-state index contributed by atoms with van der Waals surface area (Å²) in [5, 5.41) is 0. The van der Waals surface area contributed by atoms with Crippen molar-refractivity contribution in [3.8, 4) is 5.88 Å². The van der Waals surface area contributed by atoms with E-state index in [1.54, 1.807) is 22.6 Å². The van der Waals surface area contributed by atoms with Crippen molar-refractivity contribution in [2.45, 2.75) is 5.51 Å². The summed E-state index contributed by atoms with van der Waals surface area (Å²) in [6.45, 7) is 0. The Morgan fingerprint density at radius 1 is 1.44 bits per heavy atom. The van der Waals surface area contributed by atoms with Crippen molar-refractivity contribution >= 4 is 48.6 Å². The maximum atomic E-state index is 12.0. The molecule has 0 fully saturated rings. The molecule has 1 aromatic rings. The van der Waals surface area contributed by atoms with Gasteiger partial charge in [0.2, 0.25) is 5.88 Å². The summed E-state index contributed by atoms with van der Waals surface area (Å²) in [7, 11) is -5.67. The molecule has 0 aliphatic rings. The van der Waals surface area contributed by atoms with Crippen LogP contribution in [0.1, 0.15) is 0 Å². The van der Waals surface area contributed by atoms with Crippen molar-refractivity contribution in [3.05, 3.63) is 20.3 Å². The minimum Gasteiger partial charge on any atom is -0.354 e. The lowest BCUT2D eigenvalue weighted by molar-refractivity contribution is -0.0501. The Labute approximate surface area is 111 Å². The fourth-order valence-electron chi connectivity index (χ4n) is 0.615. The second-order valence-electron chi connectivity index (χ2n) is 2.42. The molecule has 0 N–H and O–H groups in total. The van der Waals surface area contributed by atoms with Crippen LogP contribution in [-0.4, -0.2) is 18.9 Å². The number of halogens is 5. The number of nitrogens with zero attached hydrogens (tertiary/aromatic N) is 1. The summed E-state index contributed by atoms with van der Waals surface area (Å²) < 4.78 is 61.7. The molecule has 0 aliphatic carbocycles. The molecule has 90 valence electrons. The smallest absolute Gasteiger partial charge is 0.354 e. The number of pyridine rings is 1. The molecular formula is C6H2BrF3INO3S. The summed E-state index contributed by atoms with van der Waals surface area (Å²) in [6.07, 6.45) is 1.13. The summed E-state index contributed by atoms with van der Waals surface area (Å²) in [4.78, 5) is 3.42. The lowest BCUT2D eigenvalue weighted by Gasteiger charge is -2.09. The van der Waals surface area contributed by atoms with Crippen molar-refractivity contribution in [1.29, 1.82) is 0 Å². The zero-order valence-corrected chi connectivity index (χ0v) is 11.7. The van der Waals surface area contributed by atoms with Gasteiger partial charge in [-0.15, -0.1) is 0 Å². The van der Waals surface area contributed by atoms with Crippen molar-refractivity contribution in [1.82, 2.24) is 4.98 Å². The molecular weight excluding hydrogens is 430 g/mol. The number of hydrogen-bond acceptors (Lipinski definition) is 4. The third-order valence-electron chi connectivity index (χ3n) is 1.25. The van der Waals surface area contributed by atoms with Crippen LogP contribution in [0.2, 0.25) is 0 Å². The molecule has 1 heterocycles. The second-order valence-corrected chi connectivity index (χ2v) is 6.04. The number of hydrogen-bond donors (Lipinski definition) is 0. The molecule has 0 saturated heterocycles. The number of alkyl halides is 3. The van der Waals surface area contributed by atoms with Crippen LogP contribution in [0.25, 0.3) is 0 Å². The van der Waals surface area contributed by atoms with Gasteiger partial charge in [-0.3, -0.25) is 0 Å². The first-order valence-corrected chi connectivity index (χ1v) is 6.73. The van der Waals surface area contributed by atoms with Crippen LogP contribution in [0.15, 0.2) is 16.7 Å². The molecule has 0 spiro atoms. The highest BCUT2D eigenvalue weighted by atomic mass is 127. The molecule has 10 heteroatoms. The number of rotatable bonds is 2. The van der Waals surface area contributed by atoms with Gasteiger partial charge in [0.05, 0.1) is 3.57 Å². The SMILES string of the molecule is O=S(=O)(Oc1ncc(Br)cc1I)C(F)(F)F. The van der Waals surface area contributed by atoms with Gasteiger partial charge in [-0.25, -0.2) is 4.98 Å². The van der Waals surface area contributed by atoms with E-state index in [0.29, 0.717) is 4.47 Å². The average Bonchev–Trinajstić information content (AvgIpc) is 2.08. The Bertz CT molecular complexity index is 504. The molecule has 1 aromatic heterocycles. The molecule has 0 aliphatic heterocycles. The largest absolute Gasteiger partial charge is 0.534 e. The van der Waals surface area contributed by atoms with Gasteiger partial charge >= 0.3 is 15.6 Å². The van der Waals surface area contributed by atoms with Gasteiger partial charge in [0, 0.05) is 10.7 Å². The first-order valence-electron chi connectivity index (χ1n) is 3.45. The van der Waals surface area contributed by atoms with E-state index >= 15 is 0 Å². The van der Waals surface area contributed by atoms with E-state index in [1.807, 2.05) is 0 Å². The first kappa shape index (κ1) is 14.0. The second kappa shape index (κ2) is 4.64. The van der Waals surface area contributed by atoms with Crippen LogP contribution < -0.4 is 4.18 Å². The minimum atomic E-state index is -5.67. The van der Waals surface area contributed by atoms with Crippen LogP contribution in [0.5, 0.6) is 5.88 Å². The monoisotopic (exact) mass is 431 g/mol. The zero-order chi connectivity index (χ0) is 12.6. The predicted octanol–water partition coefficient (Wildman–Crippen LogP) is 2.68. The first-order chi connectivity index (χ1) is 7.13. The van der Waals surface area contributed by atoms with Gasteiger partial charge in [-0.1, -0.05) is 0 Å². The Hall–Kier alpha value is -0.100. The predicted molar refractivity (Wildman–Crippen MR) is 60.3 cm³/mol. The highest BCUT2D eigenvalue weighted by molar-refractivity contribution is 14.1. The Morgan fingerprint density at radius 2 is 2.00 bits per heavy atom. The van der Waals surface area contributed by atoms with Crippen LogP contribution in [0.3, 0.4) is 0 Å². The van der Waals surface area contributed by atoms with Crippen molar-refractivity contribution < 1.29 is 25.8 Å². The molecule has 0 radical (unpaired) electrons. The third-order valence-corrected chi connectivity index (χ3v) is 3.40. The average molecular weight is 432 g/mol. The van der Waals surface area contributed by atoms with Crippen LogP contribution >= 0.6 is 38.5 Å². The van der Waals surface area contributed by atoms with Crippen molar-refractivity contribution in [2.24, 2.45) is 0 Å². The molecule has 0 aromatic carbocycles. The Balaban J connectivity index is 3.07. The normalized spacial score (nSPS) is 12.6. The Morgan fingerprint density at radius 3 is 2.44 bits per heavy atom. The van der Waals surface area contributed by atoms with E-state index in [1.165, 1.54) is 6.07 Å². The van der Waals surface area contributed by atoms with Crippen molar-refractivity contribution in [2.75, 3.05) is 0 Å². The zero-order valence-electron chi connectivity index (χ0n) is 7.12. The van der Waals surface area contributed by atoms with Gasteiger partial charge in [0.15, 0.2) is 0 Å². The molecule has 0 amide bonds. The van der Waals surface area contributed by atoms with Crippen LogP contribution in [0.4, 0.5) is 13.2 Å². The van der Waals surface area contributed by atoms with Gasteiger partial charge in [0.1, 0.15) is 0 Å². The summed E-state index contributed by atoms with van der Waals surface area (Å²) >= 11 is 4.63. The summed E-state index contributed by atoms with van der Waals surface area (Å²) in [5.74, 6) is -0.610. The molecule has 0 saturated carbocycles. The van der Waals surface area contributed by atoms with E-state index in [4.69, 9.17) is 0 Å². The lowest BCUT2D eigenvalue weighted by atomic mass is 10.5. The topological polar surface area (TPSA) is 56.3 Å². The van der Waals surface area contributed by atoms with Gasteiger partial charge in [-0.2, -0.15) is 21.6 Å². The summed E-state index contributed by atoms with van der Waals surface area (Å²) in [5.41, 5.74) is -5.47. The van der Waals surface area contributed by atoms with E-state index in [2.05, 4.69) is 25.1 Å². The molecule has 16 heavy (non-hydrogen) atoms. The van der Waals surface area contributed by atoms with E-state index in [9.17, 15) is 21.6 Å². The fraction of sp³-hybridized carbons (Fsp3) is 0.167. The molecule has 0 bridgehead atoms. The van der Waals surface area contributed by atoms with E-state index < -0.39 is 21.5 Å². The molecule has 0 atom stereocenters. The highest BCUT2D eigenvalue weighted by Gasteiger charge is 2.49. The molecule has 1 rings (SSSR count). The highest BCUT2D eigenvalue weighted by Crippen LogP contribution is 2.29. The molecule has 4 nitrogen and oxygen atoms in total. The van der Waals surface area contributed by atoms with Gasteiger partial charge < -0.3 is 4.18 Å². The maximum absolute atomic E-state index is 12.0. The Kier molecular flexibility index (Phi) is 4.05. The van der Waals surface area contributed by atoms with Gasteiger partial charge in [0.25, 0.3) is 0 Å².